The Balaban J connectivity index is 1.86. The number of methoxy groups -OCH3 is 1. The molecule has 0 aliphatic rings. The number of aromatic hydroxyl groups is 1. The minimum absolute atomic E-state index is 0.115. The number of aromatic nitrogens is 1. The molecular weight excluding hydrogens is 456 g/mol. The van der Waals surface area contributed by atoms with E-state index in [4.69, 9.17) is 9.47 Å². The Kier molecular flexibility index (Phi) is 8.35. The molecule has 2 aromatic carbocycles. The van der Waals surface area contributed by atoms with Crippen molar-refractivity contribution < 1.29 is 24.2 Å². The van der Waals surface area contributed by atoms with Crippen LogP contribution in [0.25, 0.3) is 0 Å². The Hall–Kier alpha value is -3.87. The topological polar surface area (TPSA) is 97.8 Å². The van der Waals surface area contributed by atoms with Gasteiger partial charge in [-0.25, -0.2) is 9.78 Å². The molecule has 190 valence electrons. The molecule has 1 heterocycles. The fourth-order valence-corrected chi connectivity index (χ4v) is 4.31. The third-order valence-corrected chi connectivity index (χ3v) is 6.33. The van der Waals surface area contributed by atoms with Crippen LogP contribution in [0.2, 0.25) is 0 Å². The lowest BCUT2D eigenvalue weighted by atomic mass is 9.81. The maximum Gasteiger partial charge on any atom is 0.328 e. The van der Waals surface area contributed by atoms with Gasteiger partial charge < -0.3 is 19.9 Å². The smallest absolute Gasteiger partial charge is 0.328 e. The zero-order chi connectivity index (χ0) is 26.6. The number of carbonyl (C=O) groups is 2. The van der Waals surface area contributed by atoms with Crippen molar-refractivity contribution in [1.29, 1.82) is 0 Å². The Morgan fingerprint density at radius 3 is 2.00 bits per heavy atom. The predicted molar refractivity (Wildman–Crippen MR) is 139 cm³/mol. The standard InChI is InChI=1S/C29H34N2O5/c1-16-8-10-18(3)22(14-16)25(23-15-17(2)9-11-19(23)4)21(6)36-29(34)20(5)31-28(33)26-27(32)24(35-7)12-13-30-26/h8-15,20-21,25,32H,1-7H3,(H,31,33)/t20-,21-/m0/s1. The van der Waals surface area contributed by atoms with Gasteiger partial charge in [0.25, 0.3) is 5.91 Å². The quantitative estimate of drug-likeness (QED) is 0.436. The summed E-state index contributed by atoms with van der Waals surface area (Å²) in [5, 5.41) is 12.8. The Labute approximate surface area is 212 Å². The number of carbonyl (C=O) groups excluding carboxylic acids is 2. The highest BCUT2D eigenvalue weighted by Crippen LogP contribution is 2.35. The number of ether oxygens (including phenoxy) is 2. The summed E-state index contributed by atoms with van der Waals surface area (Å²) in [6, 6.07) is 13.0. The third kappa shape index (κ3) is 5.85. The number of amides is 1. The summed E-state index contributed by atoms with van der Waals surface area (Å²) in [6.07, 6.45) is 0.832. The van der Waals surface area contributed by atoms with Gasteiger partial charge in [0.15, 0.2) is 17.2 Å². The zero-order valence-electron chi connectivity index (χ0n) is 21.9. The van der Waals surface area contributed by atoms with E-state index >= 15 is 0 Å². The van der Waals surface area contributed by atoms with Crippen LogP contribution in [0.1, 0.15) is 63.6 Å². The number of rotatable bonds is 8. The van der Waals surface area contributed by atoms with Crippen molar-refractivity contribution in [2.75, 3.05) is 7.11 Å². The van der Waals surface area contributed by atoms with Crippen molar-refractivity contribution in [2.24, 2.45) is 0 Å². The van der Waals surface area contributed by atoms with Crippen LogP contribution in [0.15, 0.2) is 48.7 Å². The highest BCUT2D eigenvalue weighted by molar-refractivity contribution is 5.97. The molecule has 0 saturated heterocycles. The van der Waals surface area contributed by atoms with Crippen LogP contribution in [-0.4, -0.2) is 41.2 Å². The highest BCUT2D eigenvalue weighted by Gasteiger charge is 2.30. The molecule has 2 N–H and O–H groups in total. The highest BCUT2D eigenvalue weighted by atomic mass is 16.5. The number of aryl methyl sites for hydroxylation is 4. The number of benzene rings is 2. The lowest BCUT2D eigenvalue weighted by molar-refractivity contribution is -0.150. The summed E-state index contributed by atoms with van der Waals surface area (Å²) in [5.41, 5.74) is 6.40. The minimum Gasteiger partial charge on any atom is -0.503 e. The molecule has 1 amide bonds. The van der Waals surface area contributed by atoms with Crippen molar-refractivity contribution in [3.8, 4) is 11.5 Å². The molecule has 0 unspecified atom stereocenters. The molecule has 3 aromatic rings. The number of pyridine rings is 1. The van der Waals surface area contributed by atoms with Gasteiger partial charge in [0.2, 0.25) is 0 Å². The second-order valence-electron chi connectivity index (χ2n) is 9.25. The first-order valence-electron chi connectivity index (χ1n) is 11.9. The van der Waals surface area contributed by atoms with Gasteiger partial charge in [-0.15, -0.1) is 0 Å². The zero-order valence-corrected chi connectivity index (χ0v) is 21.9. The summed E-state index contributed by atoms with van der Waals surface area (Å²) in [7, 11) is 1.38. The van der Waals surface area contributed by atoms with Gasteiger partial charge in [-0.3, -0.25) is 4.79 Å². The molecular formula is C29H34N2O5. The van der Waals surface area contributed by atoms with Crippen molar-refractivity contribution in [2.45, 2.75) is 59.6 Å². The van der Waals surface area contributed by atoms with E-state index in [1.54, 1.807) is 0 Å². The lowest BCUT2D eigenvalue weighted by Gasteiger charge is -2.29. The van der Waals surface area contributed by atoms with Crippen LogP contribution in [0.3, 0.4) is 0 Å². The average Bonchev–Trinajstić information content (AvgIpc) is 2.83. The molecule has 3 rings (SSSR count). The van der Waals surface area contributed by atoms with Crippen LogP contribution in [0.4, 0.5) is 0 Å². The molecule has 1 aromatic heterocycles. The maximum absolute atomic E-state index is 13.1. The maximum atomic E-state index is 13.1. The Morgan fingerprint density at radius 1 is 0.917 bits per heavy atom. The van der Waals surface area contributed by atoms with Gasteiger partial charge in [0.1, 0.15) is 12.1 Å². The van der Waals surface area contributed by atoms with Crippen LogP contribution >= 0.6 is 0 Å². The van der Waals surface area contributed by atoms with E-state index in [0.717, 1.165) is 33.4 Å². The van der Waals surface area contributed by atoms with E-state index < -0.39 is 29.8 Å². The number of esters is 1. The summed E-state index contributed by atoms with van der Waals surface area (Å²) >= 11 is 0. The van der Waals surface area contributed by atoms with Gasteiger partial charge in [-0.1, -0.05) is 47.5 Å². The van der Waals surface area contributed by atoms with Crippen molar-refractivity contribution in [1.82, 2.24) is 10.3 Å². The number of hydrogen-bond acceptors (Lipinski definition) is 6. The molecule has 0 bridgehead atoms. The van der Waals surface area contributed by atoms with E-state index in [0.29, 0.717) is 0 Å². The summed E-state index contributed by atoms with van der Waals surface area (Å²) in [5.74, 6) is -1.76. The number of nitrogens with one attached hydrogen (secondary N) is 1. The molecule has 0 saturated carbocycles. The van der Waals surface area contributed by atoms with Crippen molar-refractivity contribution >= 4 is 11.9 Å². The first-order chi connectivity index (χ1) is 17.0. The third-order valence-electron chi connectivity index (χ3n) is 6.33. The molecule has 36 heavy (non-hydrogen) atoms. The van der Waals surface area contributed by atoms with Gasteiger partial charge >= 0.3 is 5.97 Å². The summed E-state index contributed by atoms with van der Waals surface area (Å²) < 4.78 is 10.9. The van der Waals surface area contributed by atoms with E-state index in [-0.39, 0.29) is 17.4 Å². The van der Waals surface area contributed by atoms with E-state index in [1.165, 1.54) is 26.3 Å². The van der Waals surface area contributed by atoms with Gasteiger partial charge in [-0.2, -0.15) is 0 Å². The summed E-state index contributed by atoms with van der Waals surface area (Å²) in [6.45, 7) is 11.6. The molecule has 0 fully saturated rings. The molecule has 0 radical (unpaired) electrons. The average molecular weight is 491 g/mol. The summed E-state index contributed by atoms with van der Waals surface area (Å²) in [4.78, 5) is 29.6. The molecule has 0 aliphatic carbocycles. The fourth-order valence-electron chi connectivity index (χ4n) is 4.31. The van der Waals surface area contributed by atoms with Crippen LogP contribution < -0.4 is 10.1 Å². The second kappa shape index (κ2) is 11.2. The predicted octanol–water partition coefficient (Wildman–Crippen LogP) is 4.91. The molecule has 0 spiro atoms. The van der Waals surface area contributed by atoms with Crippen LogP contribution in [-0.2, 0) is 9.53 Å². The number of hydrogen-bond donors (Lipinski definition) is 2. The Bertz CT molecular complexity index is 1220. The van der Waals surface area contributed by atoms with Crippen LogP contribution in [0.5, 0.6) is 11.5 Å². The molecule has 2 atom stereocenters. The van der Waals surface area contributed by atoms with Crippen LogP contribution in [0, 0.1) is 27.7 Å². The second-order valence-corrected chi connectivity index (χ2v) is 9.25. The van der Waals surface area contributed by atoms with Gasteiger partial charge in [-0.05, 0) is 63.8 Å². The van der Waals surface area contributed by atoms with E-state index in [9.17, 15) is 14.7 Å². The minimum atomic E-state index is -0.967. The molecule has 0 aliphatic heterocycles. The monoisotopic (exact) mass is 490 g/mol. The van der Waals surface area contributed by atoms with E-state index in [1.807, 2.05) is 20.8 Å². The fraction of sp³-hybridized carbons (Fsp3) is 0.345. The van der Waals surface area contributed by atoms with Gasteiger partial charge in [0, 0.05) is 18.2 Å². The van der Waals surface area contributed by atoms with Crippen molar-refractivity contribution in [3.05, 3.63) is 87.7 Å². The largest absolute Gasteiger partial charge is 0.503 e. The normalized spacial score (nSPS) is 12.7. The van der Waals surface area contributed by atoms with Gasteiger partial charge in [0.05, 0.1) is 7.11 Å². The lowest BCUT2D eigenvalue weighted by Crippen LogP contribution is -2.41. The SMILES string of the molecule is COc1ccnc(C(=O)N[C@@H](C)C(=O)O[C@@H](C)C(c2cc(C)ccc2C)c2cc(C)ccc2C)c1O. The molecule has 7 nitrogen and oxygen atoms in total. The number of nitrogens with zero attached hydrogens (tertiary/aromatic N) is 1. The van der Waals surface area contributed by atoms with Crippen molar-refractivity contribution in [3.63, 3.8) is 0 Å². The first kappa shape index (κ1) is 26.7. The van der Waals surface area contributed by atoms with E-state index in [2.05, 4.69) is 60.5 Å². The Morgan fingerprint density at radius 2 is 1.47 bits per heavy atom. The first-order valence-corrected chi connectivity index (χ1v) is 11.9. The molecule has 7 heteroatoms.